The van der Waals surface area contributed by atoms with Crippen LogP contribution < -0.4 is 5.32 Å². The highest BCUT2D eigenvalue weighted by Crippen LogP contribution is 2.09. The van der Waals surface area contributed by atoms with E-state index < -0.39 is 10.0 Å². The number of hydrogen-bond acceptors (Lipinski definition) is 4. The van der Waals surface area contributed by atoms with Crippen molar-refractivity contribution in [2.75, 3.05) is 46.5 Å². The van der Waals surface area contributed by atoms with Crippen LogP contribution in [0.2, 0.25) is 5.02 Å². The predicted octanol–water partition coefficient (Wildman–Crippen LogP) is 0.893. The fourth-order valence-corrected chi connectivity index (χ4v) is 2.71. The van der Waals surface area contributed by atoms with E-state index in [1.165, 1.54) is 10.6 Å². The number of carbonyl (C=O) groups is 1. The maximum absolute atomic E-state index is 11.9. The first-order valence-electron chi connectivity index (χ1n) is 6.84. The number of nitrogens with one attached hydrogen (secondary N) is 1. The Kier molecular flexibility index (Phi) is 7.28. The molecule has 0 atom stereocenters. The van der Waals surface area contributed by atoms with Gasteiger partial charge in [-0.2, -0.15) is 4.31 Å². The van der Waals surface area contributed by atoms with Crippen molar-refractivity contribution in [1.82, 2.24) is 14.5 Å². The van der Waals surface area contributed by atoms with E-state index in [-0.39, 0.29) is 19.0 Å². The van der Waals surface area contributed by atoms with Crippen LogP contribution in [0.25, 0.3) is 0 Å². The number of rotatable bonds is 8. The summed E-state index contributed by atoms with van der Waals surface area (Å²) < 4.78 is 24.8. The van der Waals surface area contributed by atoms with Crippen LogP contribution in [0.3, 0.4) is 0 Å². The van der Waals surface area contributed by atoms with Crippen LogP contribution in [0.15, 0.2) is 24.3 Å². The molecule has 0 aliphatic rings. The van der Waals surface area contributed by atoms with E-state index >= 15 is 0 Å². The molecule has 8 heteroatoms. The molecule has 0 saturated heterocycles. The topological polar surface area (TPSA) is 69.7 Å². The Labute approximate surface area is 137 Å². The zero-order valence-electron chi connectivity index (χ0n) is 13.0. The Balaban J connectivity index is 2.51. The predicted molar refractivity (Wildman–Crippen MR) is 88.8 cm³/mol. The summed E-state index contributed by atoms with van der Waals surface area (Å²) in [6.07, 6.45) is 1.17. The van der Waals surface area contributed by atoms with Gasteiger partial charge in [-0.05, 0) is 38.4 Å². The van der Waals surface area contributed by atoms with Crippen molar-refractivity contribution >= 4 is 27.5 Å². The lowest BCUT2D eigenvalue weighted by atomic mass is 10.2. The molecule has 0 aromatic heterocycles. The van der Waals surface area contributed by atoms with Gasteiger partial charge in [-0.1, -0.05) is 11.6 Å². The second-order valence-electron chi connectivity index (χ2n) is 5.23. The Morgan fingerprint density at radius 3 is 2.23 bits per heavy atom. The molecule has 1 amide bonds. The molecule has 0 saturated carbocycles. The van der Waals surface area contributed by atoms with Crippen LogP contribution in [0.1, 0.15) is 10.4 Å². The third kappa shape index (κ3) is 6.74. The van der Waals surface area contributed by atoms with Crippen LogP contribution in [-0.4, -0.2) is 70.1 Å². The van der Waals surface area contributed by atoms with Gasteiger partial charge in [0.2, 0.25) is 10.0 Å². The summed E-state index contributed by atoms with van der Waals surface area (Å²) in [5, 5.41) is 3.27. The first-order valence-corrected chi connectivity index (χ1v) is 9.06. The number of carbonyl (C=O) groups excluding carboxylic acids is 1. The summed E-state index contributed by atoms with van der Waals surface area (Å²) in [6.45, 7) is 1.51. The molecule has 124 valence electrons. The zero-order chi connectivity index (χ0) is 16.8. The Morgan fingerprint density at radius 2 is 1.73 bits per heavy atom. The van der Waals surface area contributed by atoms with Gasteiger partial charge in [0.25, 0.3) is 5.91 Å². The van der Waals surface area contributed by atoms with Crippen molar-refractivity contribution in [3.05, 3.63) is 34.9 Å². The summed E-state index contributed by atoms with van der Waals surface area (Å²) >= 11 is 5.76. The lowest BCUT2D eigenvalue weighted by Gasteiger charge is -2.22. The van der Waals surface area contributed by atoms with E-state index in [9.17, 15) is 13.2 Å². The van der Waals surface area contributed by atoms with Gasteiger partial charge in [-0.3, -0.25) is 4.79 Å². The summed E-state index contributed by atoms with van der Waals surface area (Å²) in [5.74, 6) is -0.252. The Morgan fingerprint density at radius 1 is 1.14 bits per heavy atom. The monoisotopic (exact) mass is 347 g/mol. The quantitative estimate of drug-likeness (QED) is 0.758. The minimum Gasteiger partial charge on any atom is -0.351 e. The Bertz CT molecular complexity index is 588. The number of nitrogens with zero attached hydrogens (tertiary/aromatic N) is 2. The van der Waals surface area contributed by atoms with E-state index in [4.69, 9.17) is 11.6 Å². The van der Waals surface area contributed by atoms with Gasteiger partial charge in [-0.25, -0.2) is 8.42 Å². The summed E-state index contributed by atoms with van der Waals surface area (Å²) in [5.41, 5.74) is 0.489. The molecule has 1 aromatic rings. The smallest absolute Gasteiger partial charge is 0.251 e. The highest BCUT2D eigenvalue weighted by atomic mass is 35.5. The van der Waals surface area contributed by atoms with Crippen molar-refractivity contribution in [2.45, 2.75) is 0 Å². The third-order valence-electron chi connectivity index (χ3n) is 3.02. The van der Waals surface area contributed by atoms with Crippen LogP contribution in [-0.2, 0) is 10.0 Å². The third-order valence-corrected chi connectivity index (χ3v) is 4.57. The second kappa shape index (κ2) is 8.47. The number of amides is 1. The first kappa shape index (κ1) is 18.9. The van der Waals surface area contributed by atoms with Crippen molar-refractivity contribution in [1.29, 1.82) is 0 Å². The molecule has 0 aliphatic heterocycles. The molecule has 0 radical (unpaired) electrons. The van der Waals surface area contributed by atoms with Crippen molar-refractivity contribution in [3.63, 3.8) is 0 Å². The van der Waals surface area contributed by atoms with E-state index in [1.807, 2.05) is 19.0 Å². The molecule has 1 rings (SSSR count). The summed E-state index contributed by atoms with van der Waals surface area (Å²) in [4.78, 5) is 13.8. The first-order chi connectivity index (χ1) is 10.2. The second-order valence-corrected chi connectivity index (χ2v) is 7.65. The van der Waals surface area contributed by atoms with Crippen LogP contribution in [0.5, 0.6) is 0 Å². The molecular formula is C14H22ClN3O3S. The molecule has 0 aliphatic carbocycles. The standard InChI is InChI=1S/C14H22ClN3O3S/c1-17(2)10-11-18(22(3,20)21)9-8-16-14(19)12-4-6-13(15)7-5-12/h4-7H,8-11H2,1-3H3,(H,16,19). The number of halogens is 1. The zero-order valence-corrected chi connectivity index (χ0v) is 14.6. The van der Waals surface area contributed by atoms with Crippen LogP contribution in [0, 0.1) is 0 Å². The molecule has 0 fully saturated rings. The lowest BCUT2D eigenvalue weighted by molar-refractivity contribution is 0.0951. The molecule has 22 heavy (non-hydrogen) atoms. The fraction of sp³-hybridized carbons (Fsp3) is 0.500. The van der Waals surface area contributed by atoms with Gasteiger partial charge in [0, 0.05) is 36.8 Å². The van der Waals surface area contributed by atoms with Crippen molar-refractivity contribution in [2.24, 2.45) is 0 Å². The van der Waals surface area contributed by atoms with E-state index in [1.54, 1.807) is 24.3 Å². The largest absolute Gasteiger partial charge is 0.351 e. The van der Waals surface area contributed by atoms with E-state index in [0.29, 0.717) is 23.7 Å². The van der Waals surface area contributed by atoms with E-state index in [2.05, 4.69) is 5.32 Å². The molecule has 0 unspecified atom stereocenters. The highest BCUT2D eigenvalue weighted by Gasteiger charge is 2.16. The maximum atomic E-state index is 11.9. The minimum absolute atomic E-state index is 0.242. The summed E-state index contributed by atoms with van der Waals surface area (Å²) in [7, 11) is 0.465. The van der Waals surface area contributed by atoms with Crippen LogP contribution >= 0.6 is 11.6 Å². The van der Waals surface area contributed by atoms with Gasteiger partial charge >= 0.3 is 0 Å². The molecule has 0 heterocycles. The lowest BCUT2D eigenvalue weighted by Crippen LogP contribution is -2.41. The molecule has 0 spiro atoms. The number of likely N-dealkylation sites (N-methyl/N-ethyl adjacent to an activating group) is 1. The number of benzene rings is 1. The molecule has 0 bridgehead atoms. The highest BCUT2D eigenvalue weighted by molar-refractivity contribution is 7.88. The van der Waals surface area contributed by atoms with Crippen LogP contribution in [0.4, 0.5) is 0 Å². The molecule has 1 N–H and O–H groups in total. The van der Waals surface area contributed by atoms with Crippen molar-refractivity contribution in [3.8, 4) is 0 Å². The maximum Gasteiger partial charge on any atom is 0.251 e. The molecular weight excluding hydrogens is 326 g/mol. The normalized spacial score (nSPS) is 11.9. The van der Waals surface area contributed by atoms with E-state index in [0.717, 1.165) is 0 Å². The average molecular weight is 348 g/mol. The number of hydrogen-bond donors (Lipinski definition) is 1. The van der Waals surface area contributed by atoms with Gasteiger partial charge < -0.3 is 10.2 Å². The van der Waals surface area contributed by atoms with Gasteiger partial charge in [0.1, 0.15) is 0 Å². The molecule has 1 aromatic carbocycles. The van der Waals surface area contributed by atoms with Gasteiger partial charge in [0.05, 0.1) is 6.26 Å². The van der Waals surface area contributed by atoms with Gasteiger partial charge in [-0.15, -0.1) is 0 Å². The SMILES string of the molecule is CN(C)CCN(CCNC(=O)c1ccc(Cl)cc1)S(C)(=O)=O. The van der Waals surface area contributed by atoms with Crippen molar-refractivity contribution < 1.29 is 13.2 Å². The fourth-order valence-electron chi connectivity index (χ4n) is 1.75. The Hall–Kier alpha value is -1.15. The average Bonchev–Trinajstić information content (AvgIpc) is 2.41. The minimum atomic E-state index is -3.29. The summed E-state index contributed by atoms with van der Waals surface area (Å²) in [6, 6.07) is 6.52. The van der Waals surface area contributed by atoms with Gasteiger partial charge in [0.15, 0.2) is 0 Å². The molecule has 6 nitrogen and oxygen atoms in total. The number of sulfonamides is 1.